The van der Waals surface area contributed by atoms with Gasteiger partial charge in [-0.3, -0.25) is 24.0 Å². The van der Waals surface area contributed by atoms with Crippen LogP contribution >= 0.6 is 0 Å². The van der Waals surface area contributed by atoms with Crippen molar-refractivity contribution >= 4 is 38.9 Å². The van der Waals surface area contributed by atoms with Gasteiger partial charge >= 0.3 is 0 Å². The molecule has 0 saturated carbocycles. The maximum atomic E-state index is 13.3. The third-order valence-electron chi connectivity index (χ3n) is 7.52. The zero-order valence-corrected chi connectivity index (χ0v) is 26.4. The normalized spacial score (nSPS) is 14.1. The summed E-state index contributed by atoms with van der Waals surface area (Å²) in [4.78, 5) is 65.2. The van der Waals surface area contributed by atoms with E-state index in [1.807, 2.05) is 26.8 Å². The monoisotopic (exact) mass is 597 g/mol. The SMILES string of the molecule is CC(C)[C@H](CC(=O)[C@H](C)NC(=O)[C@@H](CC(=O)c1ccccc1)C(C)(C)C)C(=O)C(=O)CCc1ccc(S(C)(=O)=O)cc1. The smallest absolute Gasteiger partial charge is 0.224 e. The Morgan fingerprint density at radius 1 is 0.833 bits per heavy atom. The van der Waals surface area contributed by atoms with Gasteiger partial charge in [0, 0.05) is 37.0 Å². The van der Waals surface area contributed by atoms with Crippen LogP contribution < -0.4 is 5.32 Å². The highest BCUT2D eigenvalue weighted by atomic mass is 32.2. The van der Waals surface area contributed by atoms with E-state index in [0.29, 0.717) is 5.56 Å². The number of benzene rings is 2. The first-order valence-corrected chi connectivity index (χ1v) is 16.1. The number of rotatable bonds is 15. The van der Waals surface area contributed by atoms with E-state index in [2.05, 4.69) is 5.32 Å². The molecule has 0 aromatic heterocycles. The van der Waals surface area contributed by atoms with Crippen molar-refractivity contribution in [2.24, 2.45) is 23.2 Å². The Balaban J connectivity index is 2.02. The van der Waals surface area contributed by atoms with Gasteiger partial charge in [0.15, 0.2) is 27.2 Å². The summed E-state index contributed by atoms with van der Waals surface area (Å²) in [6.07, 6.45) is 1.09. The van der Waals surface area contributed by atoms with Gasteiger partial charge < -0.3 is 5.32 Å². The molecule has 0 saturated heterocycles. The molecule has 1 N–H and O–H groups in total. The molecular formula is C33H43NO7S. The molecule has 0 heterocycles. The van der Waals surface area contributed by atoms with Crippen molar-refractivity contribution < 1.29 is 32.4 Å². The Hall–Kier alpha value is -3.46. The van der Waals surface area contributed by atoms with Crippen LogP contribution in [-0.4, -0.2) is 49.8 Å². The second-order valence-electron chi connectivity index (χ2n) is 12.4. The number of aryl methyl sites for hydroxylation is 1. The van der Waals surface area contributed by atoms with Crippen molar-refractivity contribution in [2.45, 2.75) is 78.2 Å². The summed E-state index contributed by atoms with van der Waals surface area (Å²) in [6, 6.07) is 14.0. The maximum Gasteiger partial charge on any atom is 0.224 e. The van der Waals surface area contributed by atoms with Crippen LogP contribution in [0.2, 0.25) is 0 Å². The fraction of sp³-hybridized carbons (Fsp3) is 0.485. The lowest BCUT2D eigenvalue weighted by Crippen LogP contribution is -2.46. The fourth-order valence-electron chi connectivity index (χ4n) is 4.63. The first kappa shape index (κ1) is 34.7. The van der Waals surface area contributed by atoms with Crippen LogP contribution in [0.3, 0.4) is 0 Å². The van der Waals surface area contributed by atoms with E-state index in [0.717, 1.165) is 11.8 Å². The zero-order chi connectivity index (χ0) is 31.8. The van der Waals surface area contributed by atoms with Crippen LogP contribution in [0.4, 0.5) is 0 Å². The molecule has 0 bridgehead atoms. The van der Waals surface area contributed by atoms with Gasteiger partial charge in [-0.05, 0) is 42.4 Å². The predicted octanol–water partition coefficient (Wildman–Crippen LogP) is 4.83. The minimum Gasteiger partial charge on any atom is -0.346 e. The Kier molecular flexibility index (Phi) is 12.1. The Morgan fingerprint density at radius 2 is 1.40 bits per heavy atom. The van der Waals surface area contributed by atoms with E-state index >= 15 is 0 Å². The number of Topliss-reactive ketones (excluding diaryl/α,β-unsaturated/α-hetero) is 4. The number of carbonyl (C=O) groups excluding carboxylic acids is 5. The van der Waals surface area contributed by atoms with Crippen LogP contribution in [0.15, 0.2) is 59.5 Å². The molecule has 42 heavy (non-hydrogen) atoms. The zero-order valence-electron chi connectivity index (χ0n) is 25.6. The molecule has 8 nitrogen and oxygen atoms in total. The van der Waals surface area contributed by atoms with E-state index in [4.69, 9.17) is 0 Å². The van der Waals surface area contributed by atoms with E-state index in [9.17, 15) is 32.4 Å². The van der Waals surface area contributed by atoms with Gasteiger partial charge in [0.25, 0.3) is 0 Å². The number of hydrogen-bond acceptors (Lipinski definition) is 7. The largest absolute Gasteiger partial charge is 0.346 e. The van der Waals surface area contributed by atoms with E-state index in [1.165, 1.54) is 12.1 Å². The van der Waals surface area contributed by atoms with Crippen LogP contribution in [0.1, 0.15) is 76.7 Å². The van der Waals surface area contributed by atoms with Gasteiger partial charge in [0.2, 0.25) is 11.7 Å². The minimum absolute atomic E-state index is 0.0150. The summed E-state index contributed by atoms with van der Waals surface area (Å²) in [5.41, 5.74) is 0.680. The van der Waals surface area contributed by atoms with Crippen LogP contribution in [0, 0.1) is 23.2 Å². The van der Waals surface area contributed by atoms with Gasteiger partial charge in [-0.15, -0.1) is 0 Å². The summed E-state index contributed by atoms with van der Waals surface area (Å²) in [6.45, 7) is 10.7. The second-order valence-corrected chi connectivity index (χ2v) is 14.4. The first-order valence-electron chi connectivity index (χ1n) is 14.2. The highest BCUT2D eigenvalue weighted by Gasteiger charge is 2.36. The van der Waals surface area contributed by atoms with Gasteiger partial charge in [-0.1, -0.05) is 77.1 Å². The Bertz CT molecular complexity index is 1390. The van der Waals surface area contributed by atoms with Crippen LogP contribution in [-0.2, 0) is 35.4 Å². The second kappa shape index (κ2) is 14.6. The van der Waals surface area contributed by atoms with Crippen molar-refractivity contribution in [3.63, 3.8) is 0 Å². The number of amides is 1. The summed E-state index contributed by atoms with van der Waals surface area (Å²) in [5, 5.41) is 2.74. The van der Waals surface area contributed by atoms with Gasteiger partial charge in [-0.25, -0.2) is 8.42 Å². The molecule has 2 rings (SSSR count). The van der Waals surface area contributed by atoms with Crippen molar-refractivity contribution in [1.82, 2.24) is 5.32 Å². The van der Waals surface area contributed by atoms with E-state index in [-0.39, 0.29) is 48.1 Å². The van der Waals surface area contributed by atoms with E-state index in [1.54, 1.807) is 57.2 Å². The van der Waals surface area contributed by atoms with Crippen molar-refractivity contribution in [3.8, 4) is 0 Å². The maximum absolute atomic E-state index is 13.3. The van der Waals surface area contributed by atoms with Crippen LogP contribution in [0.5, 0.6) is 0 Å². The van der Waals surface area contributed by atoms with Gasteiger partial charge in [0.05, 0.1) is 16.9 Å². The number of carbonyl (C=O) groups is 5. The van der Waals surface area contributed by atoms with Gasteiger partial charge in [-0.2, -0.15) is 0 Å². The molecule has 228 valence electrons. The number of sulfone groups is 1. The lowest BCUT2D eigenvalue weighted by Gasteiger charge is -2.30. The average Bonchev–Trinajstić information content (AvgIpc) is 2.91. The van der Waals surface area contributed by atoms with Crippen molar-refractivity contribution in [2.75, 3.05) is 6.26 Å². The molecule has 1 amide bonds. The lowest BCUT2D eigenvalue weighted by atomic mass is 9.76. The molecule has 0 aliphatic rings. The molecule has 0 aliphatic carbocycles. The Morgan fingerprint density at radius 3 is 1.90 bits per heavy atom. The average molecular weight is 598 g/mol. The third kappa shape index (κ3) is 10.1. The quantitative estimate of drug-likeness (QED) is 0.230. The number of ketones is 4. The fourth-order valence-corrected chi connectivity index (χ4v) is 5.26. The standard InChI is InChI=1S/C33H43NO7S/c1-21(2)26(31(38)28(35)18-15-23-13-16-25(17-14-23)42(7,40)41)19-29(36)22(3)34-32(39)27(33(4,5)6)20-30(37)24-11-9-8-10-12-24/h8-14,16-17,21-22,26-27H,15,18-20H2,1-7H3,(H,34,39)/t22-,26-,27+/m0/s1. The molecular weight excluding hydrogens is 554 g/mol. The molecule has 2 aromatic carbocycles. The lowest BCUT2D eigenvalue weighted by molar-refractivity contribution is -0.141. The topological polar surface area (TPSA) is 132 Å². The summed E-state index contributed by atoms with van der Waals surface area (Å²) >= 11 is 0. The highest BCUT2D eigenvalue weighted by molar-refractivity contribution is 7.90. The molecule has 0 unspecified atom stereocenters. The molecule has 0 aliphatic heterocycles. The highest BCUT2D eigenvalue weighted by Crippen LogP contribution is 2.30. The van der Waals surface area contributed by atoms with Crippen molar-refractivity contribution in [1.29, 1.82) is 0 Å². The molecule has 9 heteroatoms. The van der Waals surface area contributed by atoms with Gasteiger partial charge in [0.1, 0.15) is 0 Å². The molecule has 2 aromatic rings. The van der Waals surface area contributed by atoms with E-state index < -0.39 is 50.6 Å². The third-order valence-corrected chi connectivity index (χ3v) is 8.65. The minimum atomic E-state index is -3.34. The van der Waals surface area contributed by atoms with Crippen molar-refractivity contribution in [3.05, 3.63) is 65.7 Å². The molecule has 3 atom stereocenters. The molecule has 0 radical (unpaired) electrons. The summed E-state index contributed by atoms with van der Waals surface area (Å²) in [7, 11) is -3.34. The summed E-state index contributed by atoms with van der Waals surface area (Å²) < 4.78 is 23.3. The number of nitrogens with one attached hydrogen (secondary N) is 1. The van der Waals surface area contributed by atoms with Crippen LogP contribution in [0.25, 0.3) is 0 Å². The Labute approximate surface area is 249 Å². The summed E-state index contributed by atoms with van der Waals surface area (Å²) in [5.74, 6) is -4.00. The predicted molar refractivity (Wildman–Crippen MR) is 162 cm³/mol. The first-order chi connectivity index (χ1) is 19.4. The number of hydrogen-bond donors (Lipinski definition) is 1. The molecule has 0 spiro atoms. The molecule has 0 fully saturated rings.